The van der Waals surface area contributed by atoms with E-state index >= 15 is 0 Å². The largest absolute Gasteiger partial charge is 0.441 e. The molecule has 1 atom stereocenters. The number of fused-ring (bicyclic) bond motifs is 1. The zero-order valence-electron chi connectivity index (χ0n) is 11.4. The maximum Gasteiger partial charge on any atom is 0.197 e. The highest BCUT2D eigenvalue weighted by Gasteiger charge is 2.15. The number of hydrogen-bond acceptors (Lipinski definition) is 4. The van der Waals surface area contributed by atoms with Crippen LogP contribution in [0, 0.1) is 0 Å². The highest BCUT2D eigenvalue weighted by Crippen LogP contribution is 2.21. The van der Waals surface area contributed by atoms with Gasteiger partial charge < -0.3 is 9.73 Å². The van der Waals surface area contributed by atoms with Crippen LogP contribution in [0.5, 0.6) is 0 Å². The Hall–Kier alpha value is -2.20. The van der Waals surface area contributed by atoms with Gasteiger partial charge in [0.15, 0.2) is 11.5 Å². The first-order chi connectivity index (χ1) is 9.86. The number of hydrogen-bond donors (Lipinski definition) is 1. The molecule has 0 saturated heterocycles. The van der Waals surface area contributed by atoms with Crippen molar-refractivity contribution in [2.24, 2.45) is 0 Å². The summed E-state index contributed by atoms with van der Waals surface area (Å²) in [6.07, 6.45) is 4.39. The Labute approximate surface area is 117 Å². The number of aromatic nitrogens is 2. The number of likely N-dealkylation sites (N-methyl/N-ethyl adjacent to an activating group) is 1. The standard InChI is InChI=1S/C16H17N3O/c1-2-18-14(12-6-5-9-17-11-12)10-16-19-13-7-3-4-8-15(13)20-16/h3-9,11,14,18H,2,10H2,1H3. The third kappa shape index (κ3) is 2.70. The van der Waals surface area contributed by atoms with E-state index in [-0.39, 0.29) is 6.04 Å². The van der Waals surface area contributed by atoms with Crippen molar-refractivity contribution < 1.29 is 4.42 Å². The molecule has 1 N–H and O–H groups in total. The smallest absolute Gasteiger partial charge is 0.197 e. The second-order valence-corrected chi connectivity index (χ2v) is 4.68. The quantitative estimate of drug-likeness (QED) is 0.771. The Morgan fingerprint density at radius 2 is 2.10 bits per heavy atom. The second-order valence-electron chi connectivity index (χ2n) is 4.68. The number of benzene rings is 1. The van der Waals surface area contributed by atoms with Gasteiger partial charge in [0, 0.05) is 24.9 Å². The number of nitrogens with zero attached hydrogens (tertiary/aromatic N) is 2. The molecule has 3 aromatic rings. The zero-order valence-corrected chi connectivity index (χ0v) is 11.4. The van der Waals surface area contributed by atoms with Gasteiger partial charge in [0.25, 0.3) is 0 Å². The lowest BCUT2D eigenvalue weighted by molar-refractivity contribution is 0.460. The summed E-state index contributed by atoms with van der Waals surface area (Å²) in [4.78, 5) is 8.71. The number of nitrogens with one attached hydrogen (secondary N) is 1. The molecule has 0 saturated carbocycles. The average molecular weight is 267 g/mol. The van der Waals surface area contributed by atoms with E-state index in [0.717, 1.165) is 29.1 Å². The molecule has 102 valence electrons. The van der Waals surface area contributed by atoms with Crippen LogP contribution in [-0.2, 0) is 6.42 Å². The Balaban J connectivity index is 1.86. The summed E-state index contributed by atoms with van der Waals surface area (Å²) < 4.78 is 5.79. The fourth-order valence-corrected chi connectivity index (χ4v) is 2.32. The fraction of sp³-hybridized carbons (Fsp3) is 0.250. The van der Waals surface area contributed by atoms with Crippen molar-refractivity contribution in [3.05, 3.63) is 60.2 Å². The van der Waals surface area contributed by atoms with E-state index in [4.69, 9.17) is 4.42 Å². The molecule has 0 spiro atoms. The van der Waals surface area contributed by atoms with Crippen LogP contribution in [0.1, 0.15) is 24.4 Å². The molecule has 0 bridgehead atoms. The van der Waals surface area contributed by atoms with E-state index in [1.54, 1.807) is 6.20 Å². The van der Waals surface area contributed by atoms with Gasteiger partial charge in [0.05, 0.1) is 0 Å². The van der Waals surface area contributed by atoms with Crippen LogP contribution in [0.4, 0.5) is 0 Å². The van der Waals surface area contributed by atoms with Crippen LogP contribution >= 0.6 is 0 Å². The highest BCUT2D eigenvalue weighted by atomic mass is 16.3. The summed E-state index contributed by atoms with van der Waals surface area (Å²) in [6.45, 7) is 2.98. The van der Waals surface area contributed by atoms with Crippen LogP contribution in [-0.4, -0.2) is 16.5 Å². The number of pyridine rings is 1. The molecular weight excluding hydrogens is 250 g/mol. The lowest BCUT2D eigenvalue weighted by Crippen LogP contribution is -2.23. The summed E-state index contributed by atoms with van der Waals surface area (Å²) in [5.41, 5.74) is 2.89. The first kappa shape index (κ1) is 12.8. The summed E-state index contributed by atoms with van der Waals surface area (Å²) >= 11 is 0. The lowest BCUT2D eigenvalue weighted by atomic mass is 10.1. The van der Waals surface area contributed by atoms with Crippen molar-refractivity contribution in [2.75, 3.05) is 6.54 Å². The number of para-hydroxylation sites is 2. The molecule has 0 aliphatic rings. The zero-order chi connectivity index (χ0) is 13.8. The van der Waals surface area contributed by atoms with Crippen molar-refractivity contribution in [3.8, 4) is 0 Å². The summed E-state index contributed by atoms with van der Waals surface area (Å²) in [6, 6.07) is 12.0. The molecule has 0 aliphatic heterocycles. The minimum absolute atomic E-state index is 0.168. The minimum atomic E-state index is 0.168. The topological polar surface area (TPSA) is 51.0 Å². The summed E-state index contributed by atoms with van der Waals surface area (Å²) in [7, 11) is 0. The van der Waals surface area contributed by atoms with Crippen molar-refractivity contribution in [2.45, 2.75) is 19.4 Å². The van der Waals surface area contributed by atoms with E-state index in [2.05, 4.69) is 28.3 Å². The van der Waals surface area contributed by atoms with E-state index < -0.39 is 0 Å². The van der Waals surface area contributed by atoms with Gasteiger partial charge >= 0.3 is 0 Å². The van der Waals surface area contributed by atoms with Crippen molar-refractivity contribution in [1.29, 1.82) is 0 Å². The molecule has 0 radical (unpaired) electrons. The highest BCUT2D eigenvalue weighted by molar-refractivity contribution is 5.72. The molecule has 4 heteroatoms. The van der Waals surface area contributed by atoms with Gasteiger partial charge in [-0.15, -0.1) is 0 Å². The SMILES string of the molecule is CCNC(Cc1nc2ccccc2o1)c1cccnc1. The van der Waals surface area contributed by atoms with Gasteiger partial charge in [0.2, 0.25) is 0 Å². The van der Waals surface area contributed by atoms with E-state index in [1.807, 2.05) is 36.5 Å². The molecule has 0 amide bonds. The molecule has 1 unspecified atom stereocenters. The summed E-state index contributed by atoms with van der Waals surface area (Å²) in [5.74, 6) is 0.751. The predicted molar refractivity (Wildman–Crippen MR) is 78.4 cm³/mol. The maximum atomic E-state index is 5.79. The molecule has 0 aliphatic carbocycles. The van der Waals surface area contributed by atoms with Gasteiger partial charge in [-0.3, -0.25) is 4.98 Å². The second kappa shape index (κ2) is 5.84. The predicted octanol–water partition coefficient (Wildman–Crippen LogP) is 3.12. The fourth-order valence-electron chi connectivity index (χ4n) is 2.32. The molecule has 2 aromatic heterocycles. The normalized spacial score (nSPS) is 12.7. The molecule has 0 fully saturated rings. The monoisotopic (exact) mass is 267 g/mol. The number of oxazole rings is 1. The molecule has 4 nitrogen and oxygen atoms in total. The molecule has 1 aromatic carbocycles. The Morgan fingerprint density at radius 3 is 2.85 bits per heavy atom. The third-order valence-electron chi connectivity index (χ3n) is 3.25. The third-order valence-corrected chi connectivity index (χ3v) is 3.25. The molecule has 3 rings (SSSR count). The summed E-state index contributed by atoms with van der Waals surface area (Å²) in [5, 5.41) is 3.45. The van der Waals surface area contributed by atoms with Gasteiger partial charge in [-0.2, -0.15) is 0 Å². The van der Waals surface area contributed by atoms with Gasteiger partial charge in [-0.05, 0) is 30.3 Å². The van der Waals surface area contributed by atoms with Crippen LogP contribution < -0.4 is 5.32 Å². The molecular formula is C16H17N3O. The van der Waals surface area contributed by atoms with E-state index in [1.165, 1.54) is 0 Å². The van der Waals surface area contributed by atoms with Crippen molar-refractivity contribution in [3.63, 3.8) is 0 Å². The molecule has 20 heavy (non-hydrogen) atoms. The average Bonchev–Trinajstić information content (AvgIpc) is 2.90. The van der Waals surface area contributed by atoms with Crippen LogP contribution in [0.25, 0.3) is 11.1 Å². The Kier molecular flexibility index (Phi) is 3.74. The van der Waals surface area contributed by atoms with Gasteiger partial charge in [0.1, 0.15) is 5.52 Å². The van der Waals surface area contributed by atoms with Gasteiger partial charge in [-0.25, -0.2) is 4.98 Å². The first-order valence-corrected chi connectivity index (χ1v) is 6.84. The van der Waals surface area contributed by atoms with E-state index in [9.17, 15) is 0 Å². The Bertz CT molecular complexity index is 645. The van der Waals surface area contributed by atoms with Gasteiger partial charge in [-0.1, -0.05) is 25.1 Å². The minimum Gasteiger partial charge on any atom is -0.441 e. The van der Waals surface area contributed by atoms with Crippen LogP contribution in [0.3, 0.4) is 0 Å². The maximum absolute atomic E-state index is 5.79. The lowest BCUT2D eigenvalue weighted by Gasteiger charge is -2.15. The first-order valence-electron chi connectivity index (χ1n) is 6.84. The van der Waals surface area contributed by atoms with Crippen molar-refractivity contribution in [1.82, 2.24) is 15.3 Å². The Morgan fingerprint density at radius 1 is 1.20 bits per heavy atom. The van der Waals surface area contributed by atoms with Crippen LogP contribution in [0.2, 0.25) is 0 Å². The molecule has 2 heterocycles. The van der Waals surface area contributed by atoms with E-state index in [0.29, 0.717) is 6.42 Å². The van der Waals surface area contributed by atoms with Crippen LogP contribution in [0.15, 0.2) is 53.2 Å². The number of rotatable bonds is 5. The van der Waals surface area contributed by atoms with Crippen molar-refractivity contribution >= 4 is 11.1 Å².